The molecule has 0 spiro atoms. The molecule has 28 heavy (non-hydrogen) atoms. The fourth-order valence-electron chi connectivity index (χ4n) is 3.08. The average Bonchev–Trinajstić information content (AvgIpc) is 2.64. The quantitative estimate of drug-likeness (QED) is 0.401. The van der Waals surface area contributed by atoms with Gasteiger partial charge < -0.3 is 15.7 Å². The van der Waals surface area contributed by atoms with Crippen LogP contribution in [0.2, 0.25) is 0 Å². The first-order valence-electron chi connectivity index (χ1n) is 9.93. The van der Waals surface area contributed by atoms with E-state index in [-0.39, 0.29) is 36.6 Å². The van der Waals surface area contributed by atoms with Crippen molar-refractivity contribution < 1.29 is 24.3 Å². The number of hydrogen-bond donors (Lipinski definition) is 4. The van der Waals surface area contributed by atoms with Crippen LogP contribution in [0.25, 0.3) is 0 Å². The predicted octanol–water partition coefficient (Wildman–Crippen LogP) is -0.263. The standard InChI is InChI=1S/C19H34N4O5/c1-12(2)10-16(26)20-9-7-17(27)23-14(6-5-8-21-23)19(28)22-18(13(3)4)15(25)11-24/h12-14,18,21,24H,5-11H2,1-4H3,(H,20,26)(H,22,28)/t14-,18+/m0/s1. The maximum Gasteiger partial charge on any atom is 0.245 e. The molecule has 9 nitrogen and oxygen atoms in total. The molecule has 1 aliphatic heterocycles. The lowest BCUT2D eigenvalue weighted by molar-refractivity contribution is -0.147. The van der Waals surface area contributed by atoms with Gasteiger partial charge in [-0.2, -0.15) is 0 Å². The van der Waals surface area contributed by atoms with Gasteiger partial charge in [-0.1, -0.05) is 27.7 Å². The molecule has 0 aromatic carbocycles. The van der Waals surface area contributed by atoms with Crippen LogP contribution < -0.4 is 16.1 Å². The summed E-state index contributed by atoms with van der Waals surface area (Å²) in [7, 11) is 0. The largest absolute Gasteiger partial charge is 0.389 e. The number of amides is 3. The van der Waals surface area contributed by atoms with E-state index in [1.165, 1.54) is 5.01 Å². The lowest BCUT2D eigenvalue weighted by Gasteiger charge is -2.36. The number of aliphatic hydroxyl groups is 1. The van der Waals surface area contributed by atoms with E-state index in [1.54, 1.807) is 13.8 Å². The van der Waals surface area contributed by atoms with Gasteiger partial charge in [0.25, 0.3) is 0 Å². The minimum absolute atomic E-state index is 0.0732. The number of carbonyl (C=O) groups is 4. The summed E-state index contributed by atoms with van der Waals surface area (Å²) in [5, 5.41) is 15.8. The molecule has 1 heterocycles. The Labute approximate surface area is 166 Å². The van der Waals surface area contributed by atoms with Gasteiger partial charge in [0.1, 0.15) is 12.6 Å². The van der Waals surface area contributed by atoms with E-state index in [2.05, 4.69) is 16.1 Å². The fourth-order valence-corrected chi connectivity index (χ4v) is 3.08. The summed E-state index contributed by atoms with van der Waals surface area (Å²) in [5.41, 5.74) is 2.94. The van der Waals surface area contributed by atoms with Crippen molar-refractivity contribution in [3.05, 3.63) is 0 Å². The van der Waals surface area contributed by atoms with E-state index in [4.69, 9.17) is 5.11 Å². The molecule has 1 saturated heterocycles. The smallest absolute Gasteiger partial charge is 0.245 e. The summed E-state index contributed by atoms with van der Waals surface area (Å²) < 4.78 is 0. The zero-order valence-electron chi connectivity index (χ0n) is 17.3. The van der Waals surface area contributed by atoms with Crippen molar-refractivity contribution in [1.29, 1.82) is 0 Å². The summed E-state index contributed by atoms with van der Waals surface area (Å²) in [4.78, 5) is 48.8. The summed E-state index contributed by atoms with van der Waals surface area (Å²) in [6, 6.07) is -1.54. The molecule has 1 fully saturated rings. The second-order valence-electron chi connectivity index (χ2n) is 7.88. The summed E-state index contributed by atoms with van der Waals surface area (Å²) in [6.07, 6.45) is 1.66. The molecule has 0 unspecified atom stereocenters. The number of Topliss-reactive ketones (excluding diaryl/α,β-unsaturated/α-hetero) is 1. The Morgan fingerprint density at radius 1 is 1.18 bits per heavy atom. The van der Waals surface area contributed by atoms with Crippen LogP contribution in [-0.2, 0) is 19.2 Å². The first-order valence-corrected chi connectivity index (χ1v) is 9.93. The Kier molecular flexibility index (Phi) is 10.1. The molecule has 9 heteroatoms. The van der Waals surface area contributed by atoms with Gasteiger partial charge in [0.2, 0.25) is 17.7 Å². The number of ketones is 1. The molecule has 0 saturated carbocycles. The van der Waals surface area contributed by atoms with Crippen LogP contribution in [0.15, 0.2) is 0 Å². The summed E-state index contributed by atoms with van der Waals surface area (Å²) in [6.45, 7) is 7.56. The first-order chi connectivity index (χ1) is 13.2. The van der Waals surface area contributed by atoms with Crippen LogP contribution in [0.5, 0.6) is 0 Å². The number of hydrogen-bond acceptors (Lipinski definition) is 6. The van der Waals surface area contributed by atoms with Gasteiger partial charge in [-0.15, -0.1) is 0 Å². The van der Waals surface area contributed by atoms with Crippen molar-refractivity contribution in [3.8, 4) is 0 Å². The Balaban J connectivity index is 2.66. The third-order valence-corrected chi connectivity index (χ3v) is 4.54. The monoisotopic (exact) mass is 398 g/mol. The highest BCUT2D eigenvalue weighted by Gasteiger charge is 2.34. The number of hydrazine groups is 1. The third-order valence-electron chi connectivity index (χ3n) is 4.54. The van der Waals surface area contributed by atoms with E-state index in [0.717, 1.165) is 0 Å². The van der Waals surface area contributed by atoms with Gasteiger partial charge in [0.05, 0.1) is 6.04 Å². The van der Waals surface area contributed by atoms with Crippen LogP contribution in [0, 0.1) is 11.8 Å². The molecule has 1 aliphatic rings. The van der Waals surface area contributed by atoms with E-state index in [9.17, 15) is 19.2 Å². The summed E-state index contributed by atoms with van der Waals surface area (Å²) in [5.74, 6) is -1.23. The summed E-state index contributed by atoms with van der Waals surface area (Å²) >= 11 is 0. The van der Waals surface area contributed by atoms with Gasteiger partial charge in [-0.25, -0.2) is 5.43 Å². The van der Waals surface area contributed by atoms with E-state index in [1.807, 2.05) is 13.8 Å². The molecule has 2 atom stereocenters. The lowest BCUT2D eigenvalue weighted by atomic mass is 9.98. The van der Waals surface area contributed by atoms with E-state index >= 15 is 0 Å². The Hall–Kier alpha value is -2.00. The average molecular weight is 399 g/mol. The zero-order valence-corrected chi connectivity index (χ0v) is 17.3. The van der Waals surface area contributed by atoms with Crippen molar-refractivity contribution in [2.24, 2.45) is 11.8 Å². The molecular formula is C19H34N4O5. The highest BCUT2D eigenvalue weighted by molar-refractivity contribution is 5.93. The Bertz CT molecular complexity index is 565. The highest BCUT2D eigenvalue weighted by atomic mass is 16.3. The highest BCUT2D eigenvalue weighted by Crippen LogP contribution is 2.13. The number of rotatable bonds is 10. The lowest BCUT2D eigenvalue weighted by Crippen LogP contribution is -2.61. The number of nitrogens with zero attached hydrogens (tertiary/aromatic N) is 1. The van der Waals surface area contributed by atoms with E-state index in [0.29, 0.717) is 25.8 Å². The molecule has 0 aliphatic carbocycles. The second kappa shape index (κ2) is 11.8. The number of aliphatic hydroxyl groups excluding tert-OH is 1. The maximum absolute atomic E-state index is 12.7. The molecular weight excluding hydrogens is 364 g/mol. The predicted molar refractivity (Wildman–Crippen MR) is 104 cm³/mol. The number of carbonyl (C=O) groups excluding carboxylic acids is 4. The van der Waals surface area contributed by atoms with Crippen LogP contribution in [0.3, 0.4) is 0 Å². The minimum atomic E-state index is -0.799. The van der Waals surface area contributed by atoms with E-state index < -0.39 is 30.4 Å². The zero-order chi connectivity index (χ0) is 21.3. The fraction of sp³-hybridized carbons (Fsp3) is 0.789. The van der Waals surface area contributed by atoms with Gasteiger partial charge in [-0.3, -0.25) is 24.2 Å². The SMILES string of the molecule is CC(C)CC(=O)NCCC(=O)N1NCCC[C@H]1C(=O)N[C@@H](C(=O)CO)C(C)C. The topological polar surface area (TPSA) is 128 Å². The molecule has 3 amide bonds. The van der Waals surface area contributed by atoms with Crippen LogP contribution in [0.4, 0.5) is 0 Å². The molecule has 0 aromatic rings. The normalized spacial score (nSPS) is 18.1. The van der Waals surface area contributed by atoms with Gasteiger partial charge in [0.15, 0.2) is 5.78 Å². The van der Waals surface area contributed by atoms with Gasteiger partial charge in [-0.05, 0) is 24.7 Å². The minimum Gasteiger partial charge on any atom is -0.389 e. The molecule has 1 rings (SSSR count). The Morgan fingerprint density at radius 3 is 2.43 bits per heavy atom. The van der Waals surface area contributed by atoms with Crippen molar-refractivity contribution in [2.45, 2.75) is 65.5 Å². The van der Waals surface area contributed by atoms with Crippen molar-refractivity contribution in [3.63, 3.8) is 0 Å². The molecule has 0 aromatic heterocycles. The van der Waals surface area contributed by atoms with Crippen molar-refractivity contribution >= 4 is 23.5 Å². The van der Waals surface area contributed by atoms with Gasteiger partial charge >= 0.3 is 0 Å². The molecule has 160 valence electrons. The van der Waals surface area contributed by atoms with Crippen molar-refractivity contribution in [2.75, 3.05) is 19.7 Å². The van der Waals surface area contributed by atoms with Crippen LogP contribution >= 0.6 is 0 Å². The second-order valence-corrected chi connectivity index (χ2v) is 7.88. The molecule has 0 radical (unpaired) electrons. The molecule has 4 N–H and O–H groups in total. The Morgan fingerprint density at radius 2 is 1.86 bits per heavy atom. The number of nitrogens with one attached hydrogen (secondary N) is 3. The first kappa shape index (κ1) is 24.0. The van der Waals surface area contributed by atoms with Crippen molar-refractivity contribution in [1.82, 2.24) is 21.1 Å². The van der Waals surface area contributed by atoms with Crippen LogP contribution in [-0.4, -0.2) is 65.4 Å². The maximum atomic E-state index is 12.7. The third kappa shape index (κ3) is 7.55. The molecule has 0 bridgehead atoms. The van der Waals surface area contributed by atoms with Crippen LogP contribution in [0.1, 0.15) is 53.4 Å². The van der Waals surface area contributed by atoms with Gasteiger partial charge in [0, 0.05) is 25.9 Å².